The second-order valence-electron chi connectivity index (χ2n) is 6.68. The first-order valence-corrected chi connectivity index (χ1v) is 8.91. The maximum Gasteiger partial charge on any atom is 0.322 e. The molecule has 5 heteroatoms. The van der Waals surface area contributed by atoms with Crippen molar-refractivity contribution in [3.05, 3.63) is 83.7 Å². The number of nitrogens with one attached hydrogen (secondary N) is 1. The summed E-state index contributed by atoms with van der Waals surface area (Å²) in [6, 6.07) is 18.3. The van der Waals surface area contributed by atoms with Gasteiger partial charge in [0, 0.05) is 30.7 Å². The molecule has 0 fully saturated rings. The zero-order valence-electron chi connectivity index (χ0n) is 14.8. The van der Waals surface area contributed by atoms with Crippen molar-refractivity contribution in [2.75, 3.05) is 4.90 Å². The van der Waals surface area contributed by atoms with Crippen LogP contribution < -0.4 is 10.2 Å². The number of rotatable bonds is 4. The summed E-state index contributed by atoms with van der Waals surface area (Å²) in [6.07, 6.45) is 4.62. The molecule has 1 aliphatic rings. The fourth-order valence-corrected chi connectivity index (χ4v) is 3.58. The van der Waals surface area contributed by atoms with Crippen LogP contribution in [0.4, 0.5) is 10.5 Å². The number of fused-ring (bicyclic) bond motifs is 1. The Morgan fingerprint density at radius 1 is 1.12 bits per heavy atom. The Labute approximate surface area is 153 Å². The van der Waals surface area contributed by atoms with Gasteiger partial charge in [0.25, 0.3) is 0 Å². The van der Waals surface area contributed by atoms with Crippen molar-refractivity contribution >= 4 is 11.7 Å². The van der Waals surface area contributed by atoms with E-state index in [0.717, 1.165) is 23.2 Å². The Hall–Kier alpha value is -3.08. The third-order valence-corrected chi connectivity index (χ3v) is 4.87. The van der Waals surface area contributed by atoms with E-state index < -0.39 is 0 Å². The van der Waals surface area contributed by atoms with E-state index in [1.165, 1.54) is 5.56 Å². The Morgan fingerprint density at radius 2 is 1.88 bits per heavy atom. The maximum atomic E-state index is 12.8. The lowest BCUT2D eigenvalue weighted by Crippen LogP contribution is -2.43. The molecule has 1 aromatic heterocycles. The average Bonchev–Trinajstić information content (AvgIpc) is 3.27. The van der Waals surface area contributed by atoms with Crippen LogP contribution in [0, 0.1) is 0 Å². The van der Waals surface area contributed by atoms with Gasteiger partial charge in [0.15, 0.2) is 0 Å². The summed E-state index contributed by atoms with van der Waals surface area (Å²) >= 11 is 0. The van der Waals surface area contributed by atoms with Crippen molar-refractivity contribution in [3.63, 3.8) is 0 Å². The highest BCUT2D eigenvalue weighted by Crippen LogP contribution is 2.31. The molecular weight excluding hydrogens is 324 g/mol. The van der Waals surface area contributed by atoms with Gasteiger partial charge in [-0.1, -0.05) is 42.5 Å². The Kier molecular flexibility index (Phi) is 4.44. The molecule has 0 bridgehead atoms. The predicted molar refractivity (Wildman–Crippen MR) is 102 cm³/mol. The van der Waals surface area contributed by atoms with Crippen molar-refractivity contribution in [1.29, 1.82) is 0 Å². The summed E-state index contributed by atoms with van der Waals surface area (Å²) in [7, 11) is 0. The van der Waals surface area contributed by atoms with Crippen LogP contribution in [0.3, 0.4) is 0 Å². The summed E-state index contributed by atoms with van der Waals surface area (Å²) in [6.45, 7) is 3.29. The van der Waals surface area contributed by atoms with Crippen LogP contribution in [-0.2, 0) is 19.5 Å². The van der Waals surface area contributed by atoms with Gasteiger partial charge < -0.3 is 5.32 Å². The first-order valence-electron chi connectivity index (χ1n) is 8.91. The molecule has 26 heavy (non-hydrogen) atoms. The number of hydrogen-bond acceptors (Lipinski definition) is 2. The van der Waals surface area contributed by atoms with Gasteiger partial charge in [-0.3, -0.25) is 9.58 Å². The number of amides is 2. The molecule has 1 unspecified atom stereocenters. The van der Waals surface area contributed by atoms with Crippen LogP contribution in [0.5, 0.6) is 0 Å². The van der Waals surface area contributed by atoms with Crippen LogP contribution in [0.25, 0.3) is 0 Å². The highest BCUT2D eigenvalue weighted by atomic mass is 16.2. The Balaban J connectivity index is 1.47. The standard InChI is InChI=1S/C21H22N4O/c1-16-13-17-7-4-5-10-20(17)25(16)21(26)22-14-18-8-2-3-9-19(18)15-24-12-6-11-23-24/h2-12,16H,13-15H2,1H3,(H,22,26). The molecule has 0 saturated heterocycles. The van der Waals surface area contributed by atoms with Crippen molar-refractivity contribution in [2.24, 2.45) is 0 Å². The molecular formula is C21H22N4O. The summed E-state index contributed by atoms with van der Waals surface area (Å²) in [5.74, 6) is 0. The Morgan fingerprint density at radius 3 is 2.69 bits per heavy atom. The topological polar surface area (TPSA) is 50.2 Å². The van der Waals surface area contributed by atoms with E-state index in [9.17, 15) is 4.79 Å². The highest BCUT2D eigenvalue weighted by Gasteiger charge is 2.30. The molecule has 132 valence electrons. The van der Waals surface area contributed by atoms with Crippen LogP contribution in [0.1, 0.15) is 23.6 Å². The molecule has 1 atom stereocenters. The van der Waals surface area contributed by atoms with Gasteiger partial charge in [-0.25, -0.2) is 4.79 Å². The molecule has 2 amide bonds. The van der Waals surface area contributed by atoms with Crippen molar-refractivity contribution in [3.8, 4) is 0 Å². The molecule has 0 radical (unpaired) electrons. The summed E-state index contributed by atoms with van der Waals surface area (Å²) < 4.78 is 1.89. The van der Waals surface area contributed by atoms with Crippen LogP contribution >= 0.6 is 0 Å². The zero-order chi connectivity index (χ0) is 17.9. The van der Waals surface area contributed by atoms with Gasteiger partial charge in [-0.15, -0.1) is 0 Å². The summed E-state index contributed by atoms with van der Waals surface area (Å²) in [5.41, 5.74) is 4.51. The van der Waals surface area contributed by atoms with Gasteiger partial charge in [0.05, 0.1) is 6.54 Å². The van der Waals surface area contributed by atoms with Gasteiger partial charge in [0.1, 0.15) is 0 Å². The lowest BCUT2D eigenvalue weighted by atomic mass is 10.1. The lowest BCUT2D eigenvalue weighted by Gasteiger charge is -2.23. The molecule has 1 aliphatic heterocycles. The molecule has 1 N–H and O–H groups in total. The fourth-order valence-electron chi connectivity index (χ4n) is 3.58. The predicted octanol–water partition coefficient (Wildman–Crippen LogP) is 3.59. The number of benzene rings is 2. The molecule has 0 aliphatic carbocycles. The largest absolute Gasteiger partial charge is 0.334 e. The third kappa shape index (κ3) is 3.20. The normalized spacial score (nSPS) is 15.7. The number of urea groups is 1. The third-order valence-electron chi connectivity index (χ3n) is 4.87. The number of aromatic nitrogens is 2. The number of anilines is 1. The Bertz CT molecular complexity index is 904. The molecule has 0 saturated carbocycles. The lowest BCUT2D eigenvalue weighted by molar-refractivity contribution is 0.244. The van der Waals surface area contributed by atoms with Gasteiger partial charge in [0.2, 0.25) is 0 Å². The smallest absolute Gasteiger partial charge is 0.322 e. The van der Waals surface area contributed by atoms with Gasteiger partial charge in [-0.2, -0.15) is 5.10 Å². The van der Waals surface area contributed by atoms with Crippen LogP contribution in [-0.4, -0.2) is 21.9 Å². The maximum absolute atomic E-state index is 12.8. The average molecular weight is 346 g/mol. The molecule has 0 spiro atoms. The van der Waals surface area contributed by atoms with E-state index in [0.29, 0.717) is 13.1 Å². The second kappa shape index (κ2) is 7.04. The van der Waals surface area contributed by atoms with E-state index in [-0.39, 0.29) is 12.1 Å². The van der Waals surface area contributed by atoms with E-state index >= 15 is 0 Å². The number of nitrogens with zero attached hydrogens (tertiary/aromatic N) is 3. The fraction of sp³-hybridized carbons (Fsp3) is 0.238. The van der Waals surface area contributed by atoms with E-state index in [1.54, 1.807) is 6.20 Å². The molecule has 4 rings (SSSR count). The van der Waals surface area contributed by atoms with Crippen molar-refractivity contribution < 1.29 is 4.79 Å². The number of carbonyl (C=O) groups excluding carboxylic acids is 1. The minimum absolute atomic E-state index is 0.0451. The zero-order valence-corrected chi connectivity index (χ0v) is 14.8. The second-order valence-corrected chi connectivity index (χ2v) is 6.68. The summed E-state index contributed by atoms with van der Waals surface area (Å²) in [5, 5.41) is 7.36. The van der Waals surface area contributed by atoms with Crippen LogP contribution in [0.2, 0.25) is 0 Å². The molecule has 2 heterocycles. The van der Waals surface area contributed by atoms with Gasteiger partial charge in [-0.05, 0) is 42.2 Å². The van der Waals surface area contributed by atoms with Crippen LogP contribution in [0.15, 0.2) is 67.0 Å². The molecule has 2 aromatic carbocycles. The number of hydrogen-bond donors (Lipinski definition) is 1. The quantitative estimate of drug-likeness (QED) is 0.785. The molecule has 5 nitrogen and oxygen atoms in total. The number of para-hydroxylation sites is 1. The number of carbonyl (C=O) groups is 1. The first-order chi connectivity index (χ1) is 12.7. The first kappa shape index (κ1) is 16.4. The monoisotopic (exact) mass is 346 g/mol. The summed E-state index contributed by atoms with van der Waals surface area (Å²) in [4.78, 5) is 14.7. The SMILES string of the molecule is CC1Cc2ccccc2N1C(=O)NCc1ccccc1Cn1cccn1. The minimum Gasteiger partial charge on any atom is -0.334 e. The van der Waals surface area contributed by atoms with Crippen molar-refractivity contribution in [2.45, 2.75) is 32.5 Å². The highest BCUT2D eigenvalue weighted by molar-refractivity contribution is 5.94. The van der Waals surface area contributed by atoms with E-state index in [2.05, 4.69) is 35.5 Å². The van der Waals surface area contributed by atoms with Gasteiger partial charge >= 0.3 is 6.03 Å². The van der Waals surface area contributed by atoms with E-state index in [4.69, 9.17) is 0 Å². The van der Waals surface area contributed by atoms with E-state index in [1.807, 2.05) is 52.2 Å². The molecule has 3 aromatic rings. The van der Waals surface area contributed by atoms with Crippen molar-refractivity contribution in [1.82, 2.24) is 15.1 Å². The minimum atomic E-state index is -0.0451.